The van der Waals surface area contributed by atoms with Gasteiger partial charge in [-0.15, -0.1) is 0 Å². The number of carbonyl (C=O) groups is 1. The van der Waals surface area contributed by atoms with Crippen molar-refractivity contribution in [3.8, 4) is 0 Å². The third-order valence-electron chi connectivity index (χ3n) is 2.86. The highest BCUT2D eigenvalue weighted by Gasteiger charge is 2.14. The molecule has 0 aliphatic rings. The molecule has 0 radical (unpaired) electrons. The highest BCUT2D eigenvalue weighted by molar-refractivity contribution is 9.11. The molecule has 0 heterocycles. The van der Waals surface area contributed by atoms with Crippen LogP contribution >= 0.6 is 31.9 Å². The monoisotopic (exact) mass is 384 g/mol. The summed E-state index contributed by atoms with van der Waals surface area (Å²) in [5, 5.41) is 0. The molecule has 1 nitrogen and oxygen atoms in total. The van der Waals surface area contributed by atoms with Crippen LogP contribution in [0.1, 0.15) is 21.5 Å². The minimum atomic E-state index is -0.349. The van der Waals surface area contributed by atoms with Crippen LogP contribution in [-0.4, -0.2) is 5.78 Å². The zero-order valence-corrected chi connectivity index (χ0v) is 13.4. The number of carbonyl (C=O) groups excluding carboxylic acids is 1. The van der Waals surface area contributed by atoms with Crippen molar-refractivity contribution in [3.05, 3.63) is 67.9 Å². The van der Waals surface area contributed by atoms with Crippen molar-refractivity contribution in [2.24, 2.45) is 0 Å². The summed E-state index contributed by atoms with van der Waals surface area (Å²) in [4.78, 5) is 12.2. The second-order valence-corrected chi connectivity index (χ2v) is 5.98. The summed E-state index contributed by atoms with van der Waals surface area (Å²) in [6, 6.07) is 9.97. The summed E-state index contributed by atoms with van der Waals surface area (Å²) in [5.41, 5.74) is 2.01. The standard InChI is InChI=1S/C15H11Br2FO/c1-9-6-13(17)11(8-12(9)16)15(19)7-10-4-2-3-5-14(10)18/h2-6,8H,7H2,1H3. The lowest BCUT2D eigenvalue weighted by Crippen LogP contribution is -2.06. The Bertz CT molecular complexity index is 638. The minimum Gasteiger partial charge on any atom is -0.294 e. The maximum absolute atomic E-state index is 13.5. The molecule has 2 aromatic rings. The van der Waals surface area contributed by atoms with E-state index in [-0.39, 0.29) is 18.0 Å². The Morgan fingerprint density at radius 2 is 1.84 bits per heavy atom. The molecule has 0 atom stereocenters. The van der Waals surface area contributed by atoms with Gasteiger partial charge in [-0.3, -0.25) is 4.79 Å². The second kappa shape index (κ2) is 5.97. The van der Waals surface area contributed by atoms with E-state index in [2.05, 4.69) is 31.9 Å². The number of benzene rings is 2. The largest absolute Gasteiger partial charge is 0.294 e. The molecule has 0 saturated heterocycles. The van der Waals surface area contributed by atoms with Gasteiger partial charge in [0.05, 0.1) is 0 Å². The fraction of sp³-hybridized carbons (Fsp3) is 0.133. The number of aryl methyl sites for hydroxylation is 1. The highest BCUT2D eigenvalue weighted by Crippen LogP contribution is 2.26. The van der Waals surface area contributed by atoms with E-state index in [1.165, 1.54) is 6.07 Å². The van der Waals surface area contributed by atoms with Crippen LogP contribution in [0.5, 0.6) is 0 Å². The first-order chi connectivity index (χ1) is 8.99. The van der Waals surface area contributed by atoms with Crippen molar-refractivity contribution in [1.82, 2.24) is 0 Å². The van der Waals surface area contributed by atoms with E-state index in [0.717, 1.165) is 14.5 Å². The van der Waals surface area contributed by atoms with E-state index in [4.69, 9.17) is 0 Å². The first kappa shape index (κ1) is 14.4. The van der Waals surface area contributed by atoms with Gasteiger partial charge in [0.15, 0.2) is 5.78 Å². The van der Waals surface area contributed by atoms with Crippen LogP contribution in [0.25, 0.3) is 0 Å². The molecule has 0 aromatic heterocycles. The van der Waals surface area contributed by atoms with Crippen molar-refractivity contribution >= 4 is 37.6 Å². The fourth-order valence-corrected chi connectivity index (χ4v) is 2.79. The lowest BCUT2D eigenvalue weighted by atomic mass is 10.0. The number of hydrogen-bond donors (Lipinski definition) is 0. The third kappa shape index (κ3) is 3.31. The van der Waals surface area contributed by atoms with E-state index in [1.54, 1.807) is 24.3 Å². The molecule has 0 N–H and O–H groups in total. The molecule has 98 valence electrons. The molecule has 0 spiro atoms. The Balaban J connectivity index is 2.31. The molecule has 2 rings (SSSR count). The van der Waals surface area contributed by atoms with Gasteiger partial charge in [0, 0.05) is 20.9 Å². The summed E-state index contributed by atoms with van der Waals surface area (Å²) in [6.07, 6.45) is 0.0563. The molecular weight excluding hydrogens is 375 g/mol. The van der Waals surface area contributed by atoms with Crippen LogP contribution in [0.15, 0.2) is 45.3 Å². The number of halogens is 3. The average molecular weight is 386 g/mol. The van der Waals surface area contributed by atoms with Crippen LogP contribution in [0.2, 0.25) is 0 Å². The first-order valence-corrected chi connectivity index (χ1v) is 7.30. The molecule has 0 saturated carbocycles. The van der Waals surface area contributed by atoms with Gasteiger partial charge in [0.1, 0.15) is 5.82 Å². The van der Waals surface area contributed by atoms with Gasteiger partial charge in [-0.1, -0.05) is 50.1 Å². The first-order valence-electron chi connectivity index (χ1n) is 5.71. The van der Waals surface area contributed by atoms with Gasteiger partial charge in [0.25, 0.3) is 0 Å². The van der Waals surface area contributed by atoms with Gasteiger partial charge < -0.3 is 0 Å². The van der Waals surface area contributed by atoms with Crippen LogP contribution < -0.4 is 0 Å². The van der Waals surface area contributed by atoms with E-state index < -0.39 is 0 Å². The predicted molar refractivity (Wildman–Crippen MR) is 81.0 cm³/mol. The Hall–Kier alpha value is -1.00. The highest BCUT2D eigenvalue weighted by atomic mass is 79.9. The molecule has 2 aromatic carbocycles. The molecule has 0 bridgehead atoms. The van der Waals surface area contributed by atoms with Crippen LogP contribution in [0.4, 0.5) is 4.39 Å². The summed E-state index contributed by atoms with van der Waals surface area (Å²) < 4.78 is 15.1. The van der Waals surface area contributed by atoms with E-state index in [9.17, 15) is 9.18 Å². The fourth-order valence-electron chi connectivity index (χ4n) is 1.77. The Morgan fingerprint density at radius 1 is 1.16 bits per heavy atom. The zero-order chi connectivity index (χ0) is 14.0. The maximum atomic E-state index is 13.5. The minimum absolute atomic E-state index is 0.0563. The summed E-state index contributed by atoms with van der Waals surface area (Å²) in [7, 11) is 0. The number of ketones is 1. The number of rotatable bonds is 3. The topological polar surface area (TPSA) is 17.1 Å². The van der Waals surface area contributed by atoms with E-state index in [0.29, 0.717) is 11.1 Å². The number of hydrogen-bond acceptors (Lipinski definition) is 1. The lowest BCUT2D eigenvalue weighted by molar-refractivity contribution is 0.0991. The van der Waals surface area contributed by atoms with Crippen molar-refractivity contribution < 1.29 is 9.18 Å². The summed E-state index contributed by atoms with van der Waals surface area (Å²) in [6.45, 7) is 1.94. The zero-order valence-electron chi connectivity index (χ0n) is 10.2. The van der Waals surface area contributed by atoms with Gasteiger partial charge in [0.2, 0.25) is 0 Å². The SMILES string of the molecule is Cc1cc(Br)c(C(=O)Cc2ccccc2F)cc1Br. The quantitative estimate of drug-likeness (QED) is 0.673. The van der Waals surface area contributed by atoms with Crippen molar-refractivity contribution in [2.75, 3.05) is 0 Å². The van der Waals surface area contributed by atoms with E-state index in [1.807, 2.05) is 13.0 Å². The smallest absolute Gasteiger partial charge is 0.168 e. The summed E-state index contributed by atoms with van der Waals surface area (Å²) >= 11 is 6.78. The van der Waals surface area contributed by atoms with Crippen molar-refractivity contribution in [1.29, 1.82) is 0 Å². The molecule has 0 aliphatic carbocycles. The third-order valence-corrected chi connectivity index (χ3v) is 4.37. The maximum Gasteiger partial charge on any atom is 0.168 e. The Labute approximate surface area is 128 Å². The average Bonchev–Trinajstić information content (AvgIpc) is 2.36. The van der Waals surface area contributed by atoms with Gasteiger partial charge >= 0.3 is 0 Å². The molecule has 0 unspecified atom stereocenters. The normalized spacial score (nSPS) is 10.5. The van der Waals surface area contributed by atoms with Gasteiger partial charge in [-0.25, -0.2) is 4.39 Å². The molecule has 0 aliphatic heterocycles. The van der Waals surface area contributed by atoms with Crippen molar-refractivity contribution in [3.63, 3.8) is 0 Å². The second-order valence-electron chi connectivity index (χ2n) is 4.27. The van der Waals surface area contributed by atoms with Crippen LogP contribution in [-0.2, 0) is 6.42 Å². The molecule has 4 heteroatoms. The number of Topliss-reactive ketones (excluding diaryl/α,β-unsaturated/α-hetero) is 1. The van der Waals surface area contributed by atoms with Crippen LogP contribution in [0, 0.1) is 12.7 Å². The van der Waals surface area contributed by atoms with E-state index >= 15 is 0 Å². The van der Waals surface area contributed by atoms with Gasteiger partial charge in [-0.2, -0.15) is 0 Å². The Morgan fingerprint density at radius 3 is 2.53 bits per heavy atom. The summed E-state index contributed by atoms with van der Waals surface area (Å²) in [5.74, 6) is -0.462. The molecule has 0 amide bonds. The Kier molecular flexibility index (Phi) is 4.53. The van der Waals surface area contributed by atoms with Gasteiger partial charge in [-0.05, 0) is 36.2 Å². The predicted octanol–water partition coefficient (Wildman–Crippen LogP) is 5.08. The lowest BCUT2D eigenvalue weighted by Gasteiger charge is -2.07. The molecule has 19 heavy (non-hydrogen) atoms. The molecular formula is C15H11Br2FO. The van der Waals surface area contributed by atoms with Crippen molar-refractivity contribution in [2.45, 2.75) is 13.3 Å². The van der Waals surface area contributed by atoms with Crippen LogP contribution in [0.3, 0.4) is 0 Å². The molecule has 0 fully saturated rings.